The van der Waals surface area contributed by atoms with Crippen LogP contribution in [0.4, 0.5) is 0 Å². The number of aliphatic carboxylic acids is 1. The van der Waals surface area contributed by atoms with E-state index >= 15 is 0 Å². The van der Waals surface area contributed by atoms with Crippen LogP contribution in [-0.4, -0.2) is 23.2 Å². The second-order valence-corrected chi connectivity index (χ2v) is 4.07. The van der Waals surface area contributed by atoms with Crippen molar-refractivity contribution in [3.63, 3.8) is 0 Å². The lowest BCUT2D eigenvalue weighted by Gasteiger charge is -2.04. The number of ether oxygens (including phenoxy) is 1. The van der Waals surface area contributed by atoms with Gasteiger partial charge in [0.05, 0.1) is 7.11 Å². The minimum absolute atomic E-state index is 0.142. The van der Waals surface area contributed by atoms with Crippen molar-refractivity contribution in [2.45, 2.75) is 19.8 Å². The molecule has 17 heavy (non-hydrogen) atoms. The van der Waals surface area contributed by atoms with Gasteiger partial charge in [0.15, 0.2) is 0 Å². The van der Waals surface area contributed by atoms with Gasteiger partial charge in [-0.05, 0) is 36.6 Å². The van der Waals surface area contributed by atoms with E-state index in [1.54, 1.807) is 7.11 Å². The van der Waals surface area contributed by atoms with Gasteiger partial charge in [-0.3, -0.25) is 4.79 Å². The van der Waals surface area contributed by atoms with E-state index in [2.05, 4.69) is 4.98 Å². The fourth-order valence-corrected chi connectivity index (χ4v) is 2.00. The monoisotopic (exact) mass is 233 g/mol. The first-order valence-corrected chi connectivity index (χ1v) is 5.48. The number of hydrogen-bond acceptors (Lipinski definition) is 2. The number of hydrogen-bond donors (Lipinski definition) is 2. The zero-order chi connectivity index (χ0) is 12.4. The predicted molar refractivity (Wildman–Crippen MR) is 65.5 cm³/mol. The molecule has 90 valence electrons. The molecule has 2 N–H and O–H groups in total. The molecule has 2 aromatic rings. The Morgan fingerprint density at radius 3 is 2.88 bits per heavy atom. The van der Waals surface area contributed by atoms with Gasteiger partial charge >= 0.3 is 5.97 Å². The zero-order valence-electron chi connectivity index (χ0n) is 9.91. The molecule has 1 aromatic heterocycles. The average molecular weight is 233 g/mol. The van der Waals surface area contributed by atoms with Crippen LogP contribution in [0.1, 0.15) is 17.5 Å². The highest BCUT2D eigenvalue weighted by atomic mass is 16.5. The summed E-state index contributed by atoms with van der Waals surface area (Å²) in [7, 11) is 1.63. The van der Waals surface area contributed by atoms with Crippen LogP contribution >= 0.6 is 0 Å². The Morgan fingerprint density at radius 2 is 2.24 bits per heavy atom. The summed E-state index contributed by atoms with van der Waals surface area (Å²) in [6.07, 6.45) is 2.55. The normalized spacial score (nSPS) is 10.7. The molecule has 0 aliphatic heterocycles. The molecule has 4 nitrogen and oxygen atoms in total. The smallest absolute Gasteiger partial charge is 0.303 e. The zero-order valence-corrected chi connectivity index (χ0v) is 9.91. The lowest BCUT2D eigenvalue weighted by molar-refractivity contribution is -0.136. The average Bonchev–Trinajstić information content (AvgIpc) is 2.69. The number of aromatic amines is 1. The number of nitrogens with one attached hydrogen (secondary N) is 1. The molecular weight excluding hydrogens is 218 g/mol. The summed E-state index contributed by atoms with van der Waals surface area (Å²) in [6, 6.07) is 3.90. The summed E-state index contributed by atoms with van der Waals surface area (Å²) in [6.45, 7) is 2.00. The Labute approximate surface area is 99.2 Å². The van der Waals surface area contributed by atoms with Crippen LogP contribution in [0, 0.1) is 6.92 Å². The third kappa shape index (κ3) is 2.25. The molecule has 0 fully saturated rings. The summed E-state index contributed by atoms with van der Waals surface area (Å²) >= 11 is 0. The van der Waals surface area contributed by atoms with Crippen molar-refractivity contribution in [2.75, 3.05) is 7.11 Å². The fourth-order valence-electron chi connectivity index (χ4n) is 2.00. The molecule has 0 amide bonds. The highest BCUT2D eigenvalue weighted by molar-refractivity contribution is 5.87. The van der Waals surface area contributed by atoms with Crippen LogP contribution in [0.15, 0.2) is 18.3 Å². The van der Waals surface area contributed by atoms with E-state index < -0.39 is 5.97 Å². The standard InChI is InChI=1S/C13H15NO3/c1-8-5-10(17-2)6-11-9(3-4-12(15)16)7-14-13(8)11/h5-7,14H,3-4H2,1-2H3,(H,15,16). The number of benzene rings is 1. The van der Waals surface area contributed by atoms with Gasteiger partial charge in [0.25, 0.3) is 0 Å². The van der Waals surface area contributed by atoms with Crippen LogP contribution < -0.4 is 4.74 Å². The number of rotatable bonds is 4. The SMILES string of the molecule is COc1cc(C)c2[nH]cc(CCC(=O)O)c2c1. The number of methoxy groups -OCH3 is 1. The molecule has 4 heteroatoms. The van der Waals surface area contributed by atoms with Gasteiger partial charge in [0.2, 0.25) is 0 Å². The summed E-state index contributed by atoms with van der Waals surface area (Å²) in [5, 5.41) is 9.75. The van der Waals surface area contributed by atoms with E-state index in [0.29, 0.717) is 6.42 Å². The highest BCUT2D eigenvalue weighted by Gasteiger charge is 2.09. The molecule has 0 saturated heterocycles. The van der Waals surface area contributed by atoms with Gasteiger partial charge < -0.3 is 14.8 Å². The van der Waals surface area contributed by atoms with Crippen LogP contribution in [0.5, 0.6) is 5.75 Å². The van der Waals surface area contributed by atoms with Crippen molar-refractivity contribution in [3.8, 4) is 5.75 Å². The highest BCUT2D eigenvalue weighted by Crippen LogP contribution is 2.27. The van der Waals surface area contributed by atoms with Gasteiger partial charge in [0, 0.05) is 23.5 Å². The van der Waals surface area contributed by atoms with Gasteiger partial charge in [-0.2, -0.15) is 0 Å². The largest absolute Gasteiger partial charge is 0.497 e. The minimum Gasteiger partial charge on any atom is -0.497 e. The van der Waals surface area contributed by atoms with Crippen LogP contribution in [0.2, 0.25) is 0 Å². The van der Waals surface area contributed by atoms with Crippen molar-refractivity contribution >= 4 is 16.9 Å². The number of carboxylic acids is 1. The van der Waals surface area contributed by atoms with Crippen LogP contribution in [0.3, 0.4) is 0 Å². The molecular formula is C13H15NO3. The van der Waals surface area contributed by atoms with E-state index in [1.807, 2.05) is 25.3 Å². The molecule has 0 unspecified atom stereocenters. The number of carbonyl (C=O) groups is 1. The molecule has 2 rings (SSSR count). The minimum atomic E-state index is -0.779. The number of fused-ring (bicyclic) bond motifs is 1. The van der Waals surface area contributed by atoms with E-state index in [4.69, 9.17) is 9.84 Å². The molecule has 0 aliphatic rings. The molecule has 0 saturated carbocycles. The maximum Gasteiger partial charge on any atom is 0.303 e. The molecule has 0 spiro atoms. The van der Waals surface area contributed by atoms with Crippen molar-refractivity contribution in [3.05, 3.63) is 29.5 Å². The number of H-pyrrole nitrogens is 1. The predicted octanol–water partition coefficient (Wildman–Crippen LogP) is 2.50. The van der Waals surface area contributed by atoms with Crippen molar-refractivity contribution in [1.29, 1.82) is 0 Å². The Morgan fingerprint density at radius 1 is 1.47 bits per heavy atom. The second-order valence-electron chi connectivity index (χ2n) is 4.07. The Hall–Kier alpha value is -1.97. The molecule has 0 bridgehead atoms. The first-order valence-electron chi connectivity index (χ1n) is 5.48. The summed E-state index contributed by atoms with van der Waals surface area (Å²) in [5.41, 5.74) is 3.16. The summed E-state index contributed by atoms with van der Waals surface area (Å²) in [5.74, 6) is 0.0187. The Kier molecular flexibility index (Phi) is 3.04. The number of carboxylic acid groups (broad SMARTS) is 1. The van der Waals surface area contributed by atoms with Crippen LogP contribution in [-0.2, 0) is 11.2 Å². The number of aryl methyl sites for hydroxylation is 2. The third-order valence-corrected chi connectivity index (χ3v) is 2.89. The maximum atomic E-state index is 10.6. The maximum absolute atomic E-state index is 10.6. The van der Waals surface area contributed by atoms with Crippen molar-refractivity contribution in [2.24, 2.45) is 0 Å². The Balaban J connectivity index is 2.43. The van der Waals surface area contributed by atoms with Gasteiger partial charge in [-0.1, -0.05) is 0 Å². The molecule has 1 heterocycles. The van der Waals surface area contributed by atoms with E-state index in [-0.39, 0.29) is 6.42 Å². The first-order chi connectivity index (χ1) is 8.11. The lowest BCUT2D eigenvalue weighted by atomic mass is 10.1. The quantitative estimate of drug-likeness (QED) is 0.852. The topological polar surface area (TPSA) is 62.3 Å². The molecule has 0 radical (unpaired) electrons. The van der Waals surface area contributed by atoms with Gasteiger partial charge in [0.1, 0.15) is 5.75 Å². The van der Waals surface area contributed by atoms with Crippen molar-refractivity contribution in [1.82, 2.24) is 4.98 Å². The van der Waals surface area contributed by atoms with Gasteiger partial charge in [-0.25, -0.2) is 0 Å². The first kappa shape index (κ1) is 11.5. The third-order valence-electron chi connectivity index (χ3n) is 2.89. The molecule has 1 aromatic carbocycles. The van der Waals surface area contributed by atoms with Crippen molar-refractivity contribution < 1.29 is 14.6 Å². The van der Waals surface area contributed by atoms with E-state index in [1.165, 1.54) is 0 Å². The number of aromatic nitrogens is 1. The fraction of sp³-hybridized carbons (Fsp3) is 0.308. The lowest BCUT2D eigenvalue weighted by Crippen LogP contribution is -1.96. The summed E-state index contributed by atoms with van der Waals surface area (Å²) < 4.78 is 5.22. The van der Waals surface area contributed by atoms with Gasteiger partial charge in [-0.15, -0.1) is 0 Å². The molecule has 0 atom stereocenters. The second kappa shape index (κ2) is 4.49. The Bertz CT molecular complexity index is 557. The molecule has 0 aliphatic carbocycles. The summed E-state index contributed by atoms with van der Waals surface area (Å²) in [4.78, 5) is 13.8. The van der Waals surface area contributed by atoms with E-state index in [0.717, 1.165) is 27.8 Å². The van der Waals surface area contributed by atoms with Crippen LogP contribution in [0.25, 0.3) is 10.9 Å². The van der Waals surface area contributed by atoms with E-state index in [9.17, 15) is 4.79 Å².